The molecule has 110 valence electrons. The zero-order chi connectivity index (χ0) is 15.0. The number of carboxylic acids is 1. The highest BCUT2D eigenvalue weighted by molar-refractivity contribution is 5.99. The summed E-state index contributed by atoms with van der Waals surface area (Å²) in [5, 5.41) is 14.4. The Bertz CT molecular complexity index is 601. The maximum Gasteiger partial charge on any atom is 0.329 e. The minimum Gasteiger partial charge on any atom is -0.480 e. The van der Waals surface area contributed by atoms with Crippen molar-refractivity contribution in [2.45, 2.75) is 31.2 Å². The number of rotatable bonds is 5. The highest BCUT2D eigenvalue weighted by Crippen LogP contribution is 2.35. The van der Waals surface area contributed by atoms with Crippen LogP contribution in [0, 0.1) is 5.92 Å². The second-order valence-electron chi connectivity index (χ2n) is 5.68. The predicted molar refractivity (Wildman–Crippen MR) is 74.9 cm³/mol. The Kier molecular flexibility index (Phi) is 3.16. The summed E-state index contributed by atoms with van der Waals surface area (Å²) < 4.78 is 0. The summed E-state index contributed by atoms with van der Waals surface area (Å²) in [7, 11) is 0. The van der Waals surface area contributed by atoms with Crippen LogP contribution in [0.1, 0.15) is 36.0 Å². The number of benzene rings is 1. The summed E-state index contributed by atoms with van der Waals surface area (Å²) in [5.41, 5.74) is -0.0644. The molecule has 2 fully saturated rings. The van der Waals surface area contributed by atoms with Crippen LogP contribution in [0.4, 0.5) is 5.69 Å². The van der Waals surface area contributed by atoms with Crippen LogP contribution in [0.15, 0.2) is 24.3 Å². The maximum atomic E-state index is 12.0. The van der Waals surface area contributed by atoms with E-state index in [4.69, 9.17) is 5.11 Å². The minimum absolute atomic E-state index is 0.00927. The van der Waals surface area contributed by atoms with Crippen molar-refractivity contribution in [1.29, 1.82) is 0 Å². The van der Waals surface area contributed by atoms with Gasteiger partial charge in [-0.2, -0.15) is 0 Å². The fourth-order valence-corrected chi connectivity index (χ4v) is 2.10. The van der Waals surface area contributed by atoms with Gasteiger partial charge in [0, 0.05) is 17.2 Å². The Morgan fingerprint density at radius 2 is 1.71 bits per heavy atom. The van der Waals surface area contributed by atoms with Crippen molar-refractivity contribution in [3.8, 4) is 0 Å². The summed E-state index contributed by atoms with van der Waals surface area (Å²) in [6, 6.07) is 6.45. The average molecular weight is 288 g/mol. The van der Waals surface area contributed by atoms with Gasteiger partial charge in [0.2, 0.25) is 5.91 Å². The van der Waals surface area contributed by atoms with Crippen LogP contribution in [0.5, 0.6) is 0 Å². The zero-order valence-corrected chi connectivity index (χ0v) is 11.4. The number of carbonyl (C=O) groups excluding carboxylic acids is 2. The van der Waals surface area contributed by atoms with E-state index >= 15 is 0 Å². The molecule has 6 nitrogen and oxygen atoms in total. The second kappa shape index (κ2) is 4.87. The summed E-state index contributed by atoms with van der Waals surface area (Å²) in [6.45, 7) is 0. The molecule has 0 aliphatic heterocycles. The van der Waals surface area contributed by atoms with Crippen molar-refractivity contribution in [3.05, 3.63) is 29.8 Å². The Morgan fingerprint density at radius 1 is 1.10 bits per heavy atom. The molecule has 0 spiro atoms. The van der Waals surface area contributed by atoms with Crippen molar-refractivity contribution < 1.29 is 19.5 Å². The zero-order valence-electron chi connectivity index (χ0n) is 11.4. The van der Waals surface area contributed by atoms with Gasteiger partial charge in [-0.05, 0) is 49.9 Å². The van der Waals surface area contributed by atoms with Gasteiger partial charge in [0.15, 0.2) is 0 Å². The van der Waals surface area contributed by atoms with Crippen LogP contribution in [0.2, 0.25) is 0 Å². The molecule has 0 aromatic heterocycles. The molecule has 0 saturated heterocycles. The molecule has 0 bridgehead atoms. The molecule has 1 aromatic rings. The molecular weight excluding hydrogens is 272 g/mol. The average Bonchev–Trinajstić information content (AvgIpc) is 3.33. The van der Waals surface area contributed by atoms with E-state index < -0.39 is 17.4 Å². The molecule has 2 amide bonds. The number of hydrogen-bond donors (Lipinski definition) is 3. The van der Waals surface area contributed by atoms with Gasteiger partial charge in [0.05, 0.1) is 0 Å². The topological polar surface area (TPSA) is 95.5 Å². The van der Waals surface area contributed by atoms with E-state index in [9.17, 15) is 14.4 Å². The Morgan fingerprint density at radius 3 is 2.19 bits per heavy atom. The molecule has 0 heterocycles. The van der Waals surface area contributed by atoms with Gasteiger partial charge in [-0.1, -0.05) is 0 Å². The number of carboxylic acid groups (broad SMARTS) is 1. The number of aliphatic carboxylic acids is 1. The van der Waals surface area contributed by atoms with Crippen LogP contribution in [-0.2, 0) is 9.59 Å². The SMILES string of the molecule is O=C(NC1(C(=O)O)CC1)c1ccc(NC(=O)C2CC2)cc1. The first-order valence-electron chi connectivity index (χ1n) is 6.97. The third-order valence-electron chi connectivity index (χ3n) is 3.87. The van der Waals surface area contributed by atoms with Crippen LogP contribution < -0.4 is 10.6 Å². The van der Waals surface area contributed by atoms with Gasteiger partial charge >= 0.3 is 5.97 Å². The van der Waals surface area contributed by atoms with Gasteiger partial charge in [-0.25, -0.2) is 4.79 Å². The van der Waals surface area contributed by atoms with Crippen molar-refractivity contribution in [3.63, 3.8) is 0 Å². The van der Waals surface area contributed by atoms with Crippen LogP contribution in [0.25, 0.3) is 0 Å². The first kappa shape index (κ1) is 13.6. The molecule has 6 heteroatoms. The third-order valence-corrected chi connectivity index (χ3v) is 3.87. The molecule has 0 atom stereocenters. The summed E-state index contributed by atoms with van der Waals surface area (Å²) in [4.78, 5) is 34.6. The normalized spacial score (nSPS) is 18.7. The maximum absolute atomic E-state index is 12.0. The quantitative estimate of drug-likeness (QED) is 0.762. The molecule has 3 N–H and O–H groups in total. The molecule has 2 aliphatic rings. The number of anilines is 1. The fourth-order valence-electron chi connectivity index (χ4n) is 2.10. The summed E-state index contributed by atoms with van der Waals surface area (Å²) in [6.07, 6.45) is 2.79. The Labute approximate surface area is 121 Å². The van der Waals surface area contributed by atoms with Gasteiger partial charge in [0.25, 0.3) is 5.91 Å². The van der Waals surface area contributed by atoms with Crippen molar-refractivity contribution in [2.24, 2.45) is 5.92 Å². The molecule has 0 radical (unpaired) electrons. The lowest BCUT2D eigenvalue weighted by Gasteiger charge is -2.12. The van der Waals surface area contributed by atoms with Gasteiger partial charge in [0.1, 0.15) is 5.54 Å². The fraction of sp³-hybridized carbons (Fsp3) is 0.400. The van der Waals surface area contributed by atoms with Gasteiger partial charge in [-0.3, -0.25) is 9.59 Å². The van der Waals surface area contributed by atoms with E-state index in [1.165, 1.54) is 0 Å². The molecular formula is C15H16N2O4. The number of hydrogen-bond acceptors (Lipinski definition) is 3. The monoisotopic (exact) mass is 288 g/mol. The smallest absolute Gasteiger partial charge is 0.329 e. The first-order chi connectivity index (χ1) is 10.00. The largest absolute Gasteiger partial charge is 0.480 e. The van der Waals surface area contributed by atoms with E-state index in [-0.39, 0.29) is 11.8 Å². The molecule has 21 heavy (non-hydrogen) atoms. The second-order valence-corrected chi connectivity index (χ2v) is 5.68. The summed E-state index contributed by atoms with van der Waals surface area (Å²) >= 11 is 0. The van der Waals surface area contributed by atoms with E-state index in [1.54, 1.807) is 24.3 Å². The van der Waals surface area contributed by atoms with E-state index in [1.807, 2.05) is 0 Å². The minimum atomic E-state index is -1.09. The lowest BCUT2D eigenvalue weighted by molar-refractivity contribution is -0.140. The molecule has 1 aromatic carbocycles. The standard InChI is InChI=1S/C15H16N2O4/c18-12(9-1-2-9)16-11-5-3-10(4-6-11)13(19)17-15(7-8-15)14(20)21/h3-6,9H,1-2,7-8H2,(H,16,18)(H,17,19)(H,20,21). The van der Waals surface area contributed by atoms with E-state index in [2.05, 4.69) is 10.6 Å². The number of amides is 2. The molecule has 3 rings (SSSR count). The van der Waals surface area contributed by atoms with Crippen molar-refractivity contribution in [1.82, 2.24) is 5.32 Å². The number of nitrogens with one attached hydrogen (secondary N) is 2. The van der Waals surface area contributed by atoms with Crippen LogP contribution in [0.3, 0.4) is 0 Å². The first-order valence-corrected chi connectivity index (χ1v) is 6.97. The molecule has 0 unspecified atom stereocenters. The van der Waals surface area contributed by atoms with Gasteiger partial charge in [-0.15, -0.1) is 0 Å². The Hall–Kier alpha value is -2.37. The highest BCUT2D eigenvalue weighted by Gasteiger charge is 2.51. The lowest BCUT2D eigenvalue weighted by atomic mass is 10.1. The van der Waals surface area contributed by atoms with Crippen LogP contribution >= 0.6 is 0 Å². The lowest BCUT2D eigenvalue weighted by Crippen LogP contribution is -2.43. The van der Waals surface area contributed by atoms with Crippen molar-refractivity contribution >= 4 is 23.5 Å². The predicted octanol–water partition coefficient (Wildman–Crippen LogP) is 1.38. The Balaban J connectivity index is 1.62. The van der Waals surface area contributed by atoms with Crippen LogP contribution in [-0.4, -0.2) is 28.4 Å². The molecule has 2 saturated carbocycles. The highest BCUT2D eigenvalue weighted by atomic mass is 16.4. The summed E-state index contributed by atoms with van der Waals surface area (Å²) in [5.74, 6) is -1.27. The van der Waals surface area contributed by atoms with Gasteiger partial charge < -0.3 is 15.7 Å². The number of carbonyl (C=O) groups is 3. The molecule has 2 aliphatic carbocycles. The third kappa shape index (κ3) is 2.89. The van der Waals surface area contributed by atoms with E-state index in [0.717, 1.165) is 12.8 Å². The van der Waals surface area contributed by atoms with Crippen molar-refractivity contribution in [2.75, 3.05) is 5.32 Å². The van der Waals surface area contributed by atoms with E-state index in [0.29, 0.717) is 24.1 Å².